The van der Waals surface area contributed by atoms with Gasteiger partial charge >= 0.3 is 0 Å². The van der Waals surface area contributed by atoms with E-state index in [0.29, 0.717) is 5.82 Å². The Morgan fingerprint density at radius 2 is 2.50 bits per heavy atom. The van der Waals surface area contributed by atoms with E-state index in [1.54, 1.807) is 0 Å². The minimum Gasteiger partial charge on any atom is -0.321 e. The largest absolute Gasteiger partial charge is 0.321 e. The fraction of sp³-hybridized carbons (Fsp3) is 0.500. The monoisotopic (exact) mass is 167 g/mol. The van der Waals surface area contributed by atoms with Crippen LogP contribution in [-0.2, 0) is 0 Å². The quantitative estimate of drug-likeness (QED) is 0.691. The molecule has 12 heavy (non-hydrogen) atoms. The van der Waals surface area contributed by atoms with Gasteiger partial charge in [0.15, 0.2) is 0 Å². The summed E-state index contributed by atoms with van der Waals surface area (Å²) in [6, 6.07) is 1.23. The summed E-state index contributed by atoms with van der Waals surface area (Å²) in [5.74, 6) is 0.573. The first-order valence-electron chi connectivity index (χ1n) is 4.05. The molecule has 3 N–H and O–H groups in total. The van der Waals surface area contributed by atoms with Crippen molar-refractivity contribution in [2.24, 2.45) is 5.73 Å². The number of H-pyrrole nitrogens is 1. The molecule has 1 aromatic rings. The molecule has 0 fully saturated rings. The van der Waals surface area contributed by atoms with Gasteiger partial charge < -0.3 is 10.7 Å². The summed E-state index contributed by atoms with van der Waals surface area (Å²) >= 11 is 0. The number of hydrogen-bond acceptors (Lipinski definition) is 3. The number of rotatable bonds is 3. The molecule has 0 saturated heterocycles. The van der Waals surface area contributed by atoms with Crippen molar-refractivity contribution in [2.45, 2.75) is 25.8 Å². The Morgan fingerprint density at radius 1 is 1.75 bits per heavy atom. The molecule has 4 nitrogen and oxygen atoms in total. The summed E-state index contributed by atoms with van der Waals surface area (Å²) < 4.78 is 0. The molecule has 0 aliphatic heterocycles. The molecule has 4 heteroatoms. The third-order valence-corrected chi connectivity index (χ3v) is 1.64. The van der Waals surface area contributed by atoms with E-state index in [1.165, 1.54) is 12.3 Å². The van der Waals surface area contributed by atoms with Crippen LogP contribution in [0.2, 0.25) is 0 Å². The van der Waals surface area contributed by atoms with Crippen LogP contribution in [0.15, 0.2) is 17.1 Å². The molecule has 1 rings (SSSR count). The molecule has 1 atom stereocenters. The smallest absolute Gasteiger partial charge is 0.250 e. The van der Waals surface area contributed by atoms with Crippen LogP contribution < -0.4 is 11.3 Å². The van der Waals surface area contributed by atoms with Gasteiger partial charge in [0.25, 0.3) is 5.56 Å². The second-order valence-corrected chi connectivity index (χ2v) is 2.71. The lowest BCUT2D eigenvalue weighted by molar-refractivity contribution is 0.599. The Balaban J connectivity index is 2.80. The zero-order chi connectivity index (χ0) is 8.97. The third-order valence-electron chi connectivity index (χ3n) is 1.64. The van der Waals surface area contributed by atoms with Gasteiger partial charge in [-0.15, -0.1) is 0 Å². The Hall–Kier alpha value is -1.16. The Kier molecular flexibility index (Phi) is 2.99. The Morgan fingerprint density at radius 3 is 3.08 bits per heavy atom. The van der Waals surface area contributed by atoms with Gasteiger partial charge in [0, 0.05) is 12.3 Å². The molecule has 0 radical (unpaired) electrons. The minimum atomic E-state index is -0.149. The summed E-state index contributed by atoms with van der Waals surface area (Å²) in [5.41, 5.74) is 5.60. The minimum absolute atomic E-state index is 0.147. The van der Waals surface area contributed by atoms with Crippen molar-refractivity contribution >= 4 is 0 Å². The van der Waals surface area contributed by atoms with Gasteiger partial charge in [-0.25, -0.2) is 4.98 Å². The number of nitrogens with two attached hydrogens (primary N) is 1. The topological polar surface area (TPSA) is 71.8 Å². The van der Waals surface area contributed by atoms with Crippen molar-refractivity contribution in [3.8, 4) is 0 Å². The van der Waals surface area contributed by atoms with Crippen molar-refractivity contribution in [2.75, 3.05) is 0 Å². The highest BCUT2D eigenvalue weighted by Gasteiger charge is 2.05. The van der Waals surface area contributed by atoms with E-state index < -0.39 is 0 Å². The molecule has 0 aromatic carbocycles. The zero-order valence-corrected chi connectivity index (χ0v) is 7.08. The van der Waals surface area contributed by atoms with Crippen LogP contribution in [0.5, 0.6) is 0 Å². The standard InChI is InChI=1S/C8H13N3O/c1-2-3-6(9)8-10-5-4-7(12)11-8/h4-6H,2-3,9H2,1H3,(H,10,11,12). The van der Waals surface area contributed by atoms with Crippen LogP contribution in [0, 0.1) is 0 Å². The Bertz CT molecular complexity index is 294. The maximum absolute atomic E-state index is 10.8. The molecule has 0 aliphatic carbocycles. The molecule has 1 unspecified atom stereocenters. The van der Waals surface area contributed by atoms with E-state index in [2.05, 4.69) is 9.97 Å². The van der Waals surface area contributed by atoms with E-state index in [0.717, 1.165) is 12.8 Å². The highest BCUT2D eigenvalue weighted by atomic mass is 16.1. The number of aromatic nitrogens is 2. The van der Waals surface area contributed by atoms with E-state index in [1.807, 2.05) is 6.92 Å². The fourth-order valence-corrected chi connectivity index (χ4v) is 1.02. The molecule has 0 aliphatic rings. The van der Waals surface area contributed by atoms with E-state index in [4.69, 9.17) is 5.73 Å². The molecule has 1 aromatic heterocycles. The van der Waals surface area contributed by atoms with Crippen LogP contribution in [-0.4, -0.2) is 9.97 Å². The molecule has 66 valence electrons. The first-order valence-corrected chi connectivity index (χ1v) is 4.05. The molecule has 1 heterocycles. The maximum atomic E-state index is 10.8. The molecule has 0 amide bonds. The van der Waals surface area contributed by atoms with Crippen LogP contribution in [0.3, 0.4) is 0 Å². The molecule has 0 spiro atoms. The molecule has 0 bridgehead atoms. The number of hydrogen-bond donors (Lipinski definition) is 2. The van der Waals surface area contributed by atoms with Crippen LogP contribution >= 0.6 is 0 Å². The van der Waals surface area contributed by atoms with Crippen molar-refractivity contribution in [3.05, 3.63) is 28.4 Å². The summed E-state index contributed by atoms with van der Waals surface area (Å²) in [6.07, 6.45) is 3.30. The van der Waals surface area contributed by atoms with Crippen molar-refractivity contribution in [3.63, 3.8) is 0 Å². The lowest BCUT2D eigenvalue weighted by Gasteiger charge is -2.07. The lowest BCUT2D eigenvalue weighted by Crippen LogP contribution is -2.18. The van der Waals surface area contributed by atoms with Gasteiger partial charge in [0.1, 0.15) is 5.82 Å². The summed E-state index contributed by atoms with van der Waals surface area (Å²) in [4.78, 5) is 17.4. The first-order chi connectivity index (χ1) is 5.74. The van der Waals surface area contributed by atoms with Gasteiger partial charge in [-0.1, -0.05) is 13.3 Å². The lowest BCUT2D eigenvalue weighted by atomic mass is 10.2. The van der Waals surface area contributed by atoms with Gasteiger partial charge in [-0.2, -0.15) is 0 Å². The number of nitrogens with one attached hydrogen (secondary N) is 1. The Labute approximate surface area is 70.8 Å². The normalized spacial score (nSPS) is 12.8. The maximum Gasteiger partial charge on any atom is 0.250 e. The summed E-state index contributed by atoms with van der Waals surface area (Å²) in [7, 11) is 0. The predicted octanol–water partition coefficient (Wildman–Crippen LogP) is 0.570. The van der Waals surface area contributed by atoms with Crippen LogP contribution in [0.1, 0.15) is 31.6 Å². The summed E-state index contributed by atoms with van der Waals surface area (Å²) in [6.45, 7) is 2.04. The van der Waals surface area contributed by atoms with E-state index in [9.17, 15) is 4.79 Å². The third kappa shape index (κ3) is 2.17. The predicted molar refractivity (Wildman–Crippen MR) is 46.7 cm³/mol. The molecular weight excluding hydrogens is 154 g/mol. The van der Waals surface area contributed by atoms with Crippen LogP contribution in [0.25, 0.3) is 0 Å². The second-order valence-electron chi connectivity index (χ2n) is 2.71. The van der Waals surface area contributed by atoms with E-state index in [-0.39, 0.29) is 11.6 Å². The SMILES string of the molecule is CCCC(N)c1nccc(=O)[nH]1. The first kappa shape index (κ1) is 8.93. The van der Waals surface area contributed by atoms with Gasteiger partial charge in [0.05, 0.1) is 6.04 Å². The van der Waals surface area contributed by atoms with Gasteiger partial charge in [-0.3, -0.25) is 4.79 Å². The molecular formula is C8H13N3O. The van der Waals surface area contributed by atoms with E-state index >= 15 is 0 Å². The highest BCUT2D eigenvalue weighted by molar-refractivity contribution is 4.94. The molecule has 0 saturated carbocycles. The second kappa shape index (κ2) is 4.01. The summed E-state index contributed by atoms with van der Waals surface area (Å²) in [5, 5.41) is 0. The number of nitrogens with zero attached hydrogens (tertiary/aromatic N) is 1. The average Bonchev–Trinajstić information content (AvgIpc) is 2.05. The van der Waals surface area contributed by atoms with Crippen LogP contribution in [0.4, 0.5) is 0 Å². The fourth-order valence-electron chi connectivity index (χ4n) is 1.02. The zero-order valence-electron chi connectivity index (χ0n) is 7.08. The van der Waals surface area contributed by atoms with Crippen molar-refractivity contribution < 1.29 is 0 Å². The highest BCUT2D eigenvalue weighted by Crippen LogP contribution is 2.07. The van der Waals surface area contributed by atoms with Gasteiger partial charge in [0.2, 0.25) is 0 Å². The van der Waals surface area contributed by atoms with Gasteiger partial charge in [-0.05, 0) is 6.42 Å². The van der Waals surface area contributed by atoms with Crippen molar-refractivity contribution in [1.82, 2.24) is 9.97 Å². The van der Waals surface area contributed by atoms with Crippen molar-refractivity contribution in [1.29, 1.82) is 0 Å². The number of aromatic amines is 1. The average molecular weight is 167 g/mol.